The van der Waals surface area contributed by atoms with Crippen LogP contribution in [-0.4, -0.2) is 40.3 Å². The predicted octanol–water partition coefficient (Wildman–Crippen LogP) is 1.28. The Kier molecular flexibility index (Phi) is 4.90. The van der Waals surface area contributed by atoms with E-state index in [2.05, 4.69) is 36.5 Å². The van der Waals surface area contributed by atoms with Crippen molar-refractivity contribution in [3.63, 3.8) is 0 Å². The molecule has 0 spiro atoms. The summed E-state index contributed by atoms with van der Waals surface area (Å²) >= 11 is 0. The molecule has 21 heavy (non-hydrogen) atoms. The highest BCUT2D eigenvalue weighted by Crippen LogP contribution is 2.43. The van der Waals surface area contributed by atoms with Gasteiger partial charge in [0, 0.05) is 11.1 Å². The fraction of sp³-hybridized carbons (Fsp3) is 0.500. The molecule has 0 radical (unpaired) electrons. The first kappa shape index (κ1) is 16.6. The Balaban J connectivity index is 2.27. The Bertz CT molecular complexity index is 478. The van der Waals surface area contributed by atoms with Gasteiger partial charge in [-0.3, -0.25) is 0 Å². The van der Waals surface area contributed by atoms with Crippen LogP contribution in [0.15, 0.2) is 47.6 Å². The minimum absolute atomic E-state index is 0.0701. The van der Waals surface area contributed by atoms with Crippen LogP contribution in [0.25, 0.3) is 0 Å². The maximum absolute atomic E-state index is 9.83. The van der Waals surface area contributed by atoms with Gasteiger partial charge in [0.15, 0.2) is 19.5 Å². The largest absolute Gasteiger partial charge is 0.437 e. The van der Waals surface area contributed by atoms with Crippen LogP contribution in [0.3, 0.4) is 0 Å². The van der Waals surface area contributed by atoms with Gasteiger partial charge in [0.2, 0.25) is 0 Å². The second-order valence-electron chi connectivity index (χ2n) is 6.54. The number of hydrogen-bond acceptors (Lipinski definition) is 3. The molecule has 2 N–H and O–H groups in total. The van der Waals surface area contributed by atoms with Crippen LogP contribution >= 0.6 is 0 Å². The van der Waals surface area contributed by atoms with E-state index < -0.39 is 30.7 Å². The van der Waals surface area contributed by atoms with Gasteiger partial charge < -0.3 is 14.3 Å². The molecule has 0 saturated heterocycles. The summed E-state index contributed by atoms with van der Waals surface area (Å²) in [6.45, 7) is 8.18. The standard InChI is InChI=1S/C16H26O3Si2/c1-11-5-7-15(3,13(9-11)20-17)19-16(4)8-6-12(2)10-14(16)21-18/h5-10,13-14,17-18H,20-21H2,1-4H3. The quantitative estimate of drug-likeness (QED) is 0.767. The third-order valence-electron chi connectivity index (χ3n) is 4.59. The Morgan fingerprint density at radius 1 is 0.905 bits per heavy atom. The molecule has 0 aromatic rings. The first-order chi connectivity index (χ1) is 9.83. The summed E-state index contributed by atoms with van der Waals surface area (Å²) in [6, 6.07) is 0. The molecule has 4 unspecified atom stereocenters. The predicted molar refractivity (Wildman–Crippen MR) is 92.7 cm³/mol. The number of hydrogen-bond donors (Lipinski definition) is 2. The normalized spacial score (nSPS) is 40.3. The van der Waals surface area contributed by atoms with Gasteiger partial charge >= 0.3 is 0 Å². The van der Waals surface area contributed by atoms with Crippen molar-refractivity contribution in [3.8, 4) is 0 Å². The summed E-state index contributed by atoms with van der Waals surface area (Å²) in [6.07, 6.45) is 12.5. The molecule has 0 heterocycles. The molecule has 3 nitrogen and oxygen atoms in total. The smallest absolute Gasteiger partial charge is 0.166 e. The van der Waals surface area contributed by atoms with E-state index >= 15 is 0 Å². The Hall–Kier alpha value is -0.726. The van der Waals surface area contributed by atoms with Crippen LogP contribution in [0.4, 0.5) is 0 Å². The molecule has 0 saturated carbocycles. The number of allylic oxidation sites excluding steroid dienone is 4. The summed E-state index contributed by atoms with van der Waals surface area (Å²) < 4.78 is 6.50. The van der Waals surface area contributed by atoms with Gasteiger partial charge in [-0.15, -0.1) is 0 Å². The minimum atomic E-state index is -1.22. The zero-order valence-electron chi connectivity index (χ0n) is 13.3. The van der Waals surface area contributed by atoms with E-state index in [4.69, 9.17) is 4.74 Å². The molecule has 0 amide bonds. The summed E-state index contributed by atoms with van der Waals surface area (Å²) in [5, 5.41) is 0. The molecule has 2 aliphatic rings. The number of rotatable bonds is 4. The molecule has 2 aliphatic carbocycles. The molecular weight excluding hydrogens is 296 g/mol. The van der Waals surface area contributed by atoms with Gasteiger partial charge in [0.05, 0.1) is 11.2 Å². The van der Waals surface area contributed by atoms with Gasteiger partial charge in [0.25, 0.3) is 0 Å². The molecule has 0 aromatic carbocycles. The monoisotopic (exact) mass is 322 g/mol. The van der Waals surface area contributed by atoms with Crippen LogP contribution in [0.2, 0.25) is 11.1 Å². The maximum atomic E-state index is 9.83. The molecule has 0 aliphatic heterocycles. The van der Waals surface area contributed by atoms with Crippen LogP contribution in [0.5, 0.6) is 0 Å². The summed E-state index contributed by atoms with van der Waals surface area (Å²) in [5.41, 5.74) is 1.49. The molecule has 5 heteroatoms. The van der Waals surface area contributed by atoms with Crippen molar-refractivity contribution in [2.75, 3.05) is 0 Å². The Morgan fingerprint density at radius 3 is 1.62 bits per heavy atom. The molecule has 2 rings (SSSR count). The maximum Gasteiger partial charge on any atom is 0.166 e. The van der Waals surface area contributed by atoms with E-state index in [1.807, 2.05) is 27.7 Å². The molecular formula is C16H26O3Si2. The molecule has 0 aromatic heterocycles. The zero-order valence-corrected chi connectivity index (χ0v) is 16.2. The van der Waals surface area contributed by atoms with E-state index in [0.29, 0.717) is 0 Å². The van der Waals surface area contributed by atoms with E-state index in [-0.39, 0.29) is 11.1 Å². The molecule has 4 atom stereocenters. The number of ether oxygens (including phenoxy) is 1. The second kappa shape index (κ2) is 6.18. The van der Waals surface area contributed by atoms with Gasteiger partial charge in [-0.1, -0.05) is 47.6 Å². The minimum Gasteiger partial charge on any atom is -0.437 e. The zero-order chi connectivity index (χ0) is 15.7. The van der Waals surface area contributed by atoms with Crippen molar-refractivity contribution in [2.24, 2.45) is 0 Å². The highest BCUT2D eigenvalue weighted by molar-refractivity contribution is 6.30. The van der Waals surface area contributed by atoms with Crippen LogP contribution in [0, 0.1) is 0 Å². The topological polar surface area (TPSA) is 49.7 Å². The second-order valence-corrected chi connectivity index (χ2v) is 9.03. The van der Waals surface area contributed by atoms with Crippen LogP contribution < -0.4 is 0 Å². The summed E-state index contributed by atoms with van der Waals surface area (Å²) in [5.74, 6) is 0. The van der Waals surface area contributed by atoms with E-state index in [1.54, 1.807) is 0 Å². The highest BCUT2D eigenvalue weighted by atomic mass is 28.2. The molecule has 0 bridgehead atoms. The van der Waals surface area contributed by atoms with Crippen molar-refractivity contribution in [1.82, 2.24) is 0 Å². The average Bonchev–Trinajstić information content (AvgIpc) is 2.44. The first-order valence-electron chi connectivity index (χ1n) is 7.50. The summed E-state index contributed by atoms with van der Waals surface area (Å²) in [4.78, 5) is 19.7. The molecule has 0 fully saturated rings. The SMILES string of the molecule is CC1=CC([SiH2]O)C(C)(OC2(C)C=CC(C)=CC2[SiH2]O)C=C1. The van der Waals surface area contributed by atoms with E-state index in [0.717, 1.165) is 0 Å². The third-order valence-corrected chi connectivity index (χ3v) is 7.47. The van der Waals surface area contributed by atoms with Crippen molar-refractivity contribution < 1.29 is 14.3 Å². The fourth-order valence-electron chi connectivity index (χ4n) is 3.08. The Morgan fingerprint density at radius 2 is 1.29 bits per heavy atom. The lowest BCUT2D eigenvalue weighted by Gasteiger charge is -2.45. The van der Waals surface area contributed by atoms with Crippen LogP contribution in [-0.2, 0) is 4.74 Å². The average molecular weight is 323 g/mol. The Labute approximate surface area is 132 Å². The van der Waals surface area contributed by atoms with Crippen molar-refractivity contribution >= 4 is 19.5 Å². The summed E-state index contributed by atoms with van der Waals surface area (Å²) in [7, 11) is -2.43. The first-order valence-corrected chi connectivity index (χ1v) is 10.4. The third kappa shape index (κ3) is 3.38. The van der Waals surface area contributed by atoms with Gasteiger partial charge in [-0.05, 0) is 27.7 Å². The van der Waals surface area contributed by atoms with E-state index in [9.17, 15) is 9.59 Å². The van der Waals surface area contributed by atoms with Gasteiger partial charge in [-0.25, -0.2) is 0 Å². The van der Waals surface area contributed by atoms with Crippen molar-refractivity contribution in [3.05, 3.63) is 47.6 Å². The van der Waals surface area contributed by atoms with Gasteiger partial charge in [0.1, 0.15) is 0 Å². The van der Waals surface area contributed by atoms with E-state index in [1.165, 1.54) is 11.1 Å². The molecule has 116 valence electrons. The highest BCUT2D eigenvalue weighted by Gasteiger charge is 2.43. The van der Waals surface area contributed by atoms with Crippen molar-refractivity contribution in [2.45, 2.75) is 50.0 Å². The lowest BCUT2D eigenvalue weighted by molar-refractivity contribution is -0.0880. The fourth-order valence-corrected chi connectivity index (χ4v) is 5.20. The van der Waals surface area contributed by atoms with Gasteiger partial charge in [-0.2, -0.15) is 0 Å². The lowest BCUT2D eigenvalue weighted by atomic mass is 9.88. The van der Waals surface area contributed by atoms with Crippen molar-refractivity contribution in [1.29, 1.82) is 0 Å². The van der Waals surface area contributed by atoms with Crippen LogP contribution in [0.1, 0.15) is 27.7 Å². The lowest BCUT2D eigenvalue weighted by Crippen LogP contribution is -2.47.